The van der Waals surface area contributed by atoms with Crippen molar-refractivity contribution >= 4 is 23.1 Å². The second kappa shape index (κ2) is 10.1. The van der Waals surface area contributed by atoms with Crippen molar-refractivity contribution in [2.75, 3.05) is 31.2 Å². The van der Waals surface area contributed by atoms with Gasteiger partial charge in [-0.05, 0) is 75.7 Å². The Kier molecular flexibility index (Phi) is 6.98. The number of carboxylic acids is 1. The minimum absolute atomic E-state index is 0.146. The molecule has 0 radical (unpaired) electrons. The van der Waals surface area contributed by atoms with Gasteiger partial charge in [-0.1, -0.05) is 0 Å². The summed E-state index contributed by atoms with van der Waals surface area (Å²) < 4.78 is 31.8. The third-order valence-electron chi connectivity index (χ3n) is 5.64. The number of hydrogen-bond donors (Lipinski definition) is 2. The Morgan fingerprint density at radius 1 is 1.18 bits per heavy atom. The lowest BCUT2D eigenvalue weighted by molar-refractivity contribution is 0.0697. The van der Waals surface area contributed by atoms with Crippen LogP contribution in [0.2, 0.25) is 0 Å². The van der Waals surface area contributed by atoms with Gasteiger partial charge in [-0.15, -0.1) is 0 Å². The van der Waals surface area contributed by atoms with Gasteiger partial charge in [0.05, 0.1) is 18.8 Å². The number of rotatable bonds is 9. The van der Waals surface area contributed by atoms with E-state index < -0.39 is 11.8 Å². The molecule has 1 aromatic heterocycles. The monoisotopic (exact) mass is 457 g/mol. The lowest BCUT2D eigenvalue weighted by atomic mass is 10.0. The van der Waals surface area contributed by atoms with E-state index in [0.717, 1.165) is 31.5 Å². The second-order valence-electron chi connectivity index (χ2n) is 7.87. The summed E-state index contributed by atoms with van der Waals surface area (Å²) in [6, 6.07) is 8.53. The fourth-order valence-electron chi connectivity index (χ4n) is 4.08. The molecule has 0 bridgehead atoms. The standard InChI is InChI=1S/C24H28FN3O5/c1-3-31-20-11-15(12-21(22(20)25)32-4-2)14-28(17-7-9-26-10-8-17)24-27-18-13-16(23(29)30)5-6-19(18)33-24/h5-6,11-13,17,26H,3-4,7-10,14H2,1-2H3,(H,29,30). The maximum atomic E-state index is 14.7. The lowest BCUT2D eigenvalue weighted by Crippen LogP contribution is -2.43. The van der Waals surface area contributed by atoms with Crippen LogP contribution in [0.5, 0.6) is 11.5 Å². The van der Waals surface area contributed by atoms with Crippen LogP contribution in [0.4, 0.5) is 10.4 Å². The fourth-order valence-corrected chi connectivity index (χ4v) is 4.08. The molecule has 0 atom stereocenters. The molecule has 0 unspecified atom stereocenters. The van der Waals surface area contributed by atoms with E-state index in [2.05, 4.69) is 15.2 Å². The summed E-state index contributed by atoms with van der Waals surface area (Å²) in [6.45, 7) is 6.41. The zero-order chi connectivity index (χ0) is 23.4. The van der Waals surface area contributed by atoms with Crippen molar-refractivity contribution in [1.82, 2.24) is 10.3 Å². The van der Waals surface area contributed by atoms with Gasteiger partial charge in [-0.25, -0.2) is 4.79 Å². The number of carbonyl (C=O) groups is 1. The average molecular weight is 458 g/mol. The van der Waals surface area contributed by atoms with Gasteiger partial charge in [0.25, 0.3) is 6.01 Å². The predicted molar refractivity (Wildman–Crippen MR) is 122 cm³/mol. The number of nitrogens with zero attached hydrogens (tertiary/aromatic N) is 2. The molecule has 176 valence electrons. The summed E-state index contributed by atoms with van der Waals surface area (Å²) in [5.74, 6) is -1.24. The molecule has 1 fully saturated rings. The minimum Gasteiger partial charge on any atom is -0.491 e. The molecule has 0 saturated carbocycles. The molecule has 0 aliphatic carbocycles. The first kappa shape index (κ1) is 22.8. The Balaban J connectivity index is 1.72. The van der Waals surface area contributed by atoms with E-state index in [-0.39, 0.29) is 23.1 Å². The molecule has 1 aliphatic heterocycles. The van der Waals surface area contributed by atoms with Crippen LogP contribution in [0.25, 0.3) is 11.1 Å². The van der Waals surface area contributed by atoms with Crippen LogP contribution in [0.15, 0.2) is 34.7 Å². The summed E-state index contributed by atoms with van der Waals surface area (Å²) in [4.78, 5) is 18.0. The first-order valence-electron chi connectivity index (χ1n) is 11.2. The first-order chi connectivity index (χ1) is 16.0. The van der Waals surface area contributed by atoms with Gasteiger partial charge in [0.2, 0.25) is 5.82 Å². The first-order valence-corrected chi connectivity index (χ1v) is 11.2. The Morgan fingerprint density at radius 2 is 1.85 bits per heavy atom. The van der Waals surface area contributed by atoms with Gasteiger partial charge in [0.15, 0.2) is 17.1 Å². The normalized spacial score (nSPS) is 14.4. The number of aromatic nitrogens is 1. The quantitative estimate of drug-likeness (QED) is 0.493. The van der Waals surface area contributed by atoms with Crippen LogP contribution in [0.1, 0.15) is 42.6 Å². The third-order valence-corrected chi connectivity index (χ3v) is 5.64. The van der Waals surface area contributed by atoms with Crippen LogP contribution in [0.3, 0.4) is 0 Å². The Bertz CT molecular complexity index is 1100. The van der Waals surface area contributed by atoms with Crippen LogP contribution in [-0.4, -0.2) is 48.4 Å². The number of ether oxygens (including phenoxy) is 2. The summed E-state index contributed by atoms with van der Waals surface area (Å²) in [5.41, 5.74) is 1.94. The highest BCUT2D eigenvalue weighted by molar-refractivity contribution is 5.92. The third kappa shape index (κ3) is 5.03. The van der Waals surface area contributed by atoms with Crippen molar-refractivity contribution in [1.29, 1.82) is 0 Å². The molecule has 2 heterocycles. The molecule has 0 amide bonds. The van der Waals surface area contributed by atoms with Crippen LogP contribution in [0, 0.1) is 5.82 Å². The van der Waals surface area contributed by atoms with Crippen molar-refractivity contribution in [3.63, 3.8) is 0 Å². The SMILES string of the molecule is CCOc1cc(CN(c2nc3cc(C(=O)O)ccc3o2)C2CCNCC2)cc(OCC)c1F. The van der Waals surface area contributed by atoms with Crippen molar-refractivity contribution in [3.8, 4) is 11.5 Å². The maximum absolute atomic E-state index is 14.7. The number of carboxylic acid groups (broad SMARTS) is 1. The van der Waals surface area contributed by atoms with E-state index in [1.807, 2.05) is 0 Å². The molecular weight excluding hydrogens is 429 g/mol. The molecule has 3 aromatic rings. The minimum atomic E-state index is -1.02. The summed E-state index contributed by atoms with van der Waals surface area (Å²) in [6.07, 6.45) is 1.77. The van der Waals surface area contributed by atoms with E-state index in [9.17, 15) is 14.3 Å². The Labute approximate surface area is 191 Å². The number of oxazole rings is 1. The maximum Gasteiger partial charge on any atom is 0.335 e. The fraction of sp³-hybridized carbons (Fsp3) is 0.417. The number of piperidine rings is 1. The molecule has 2 aromatic carbocycles. The molecule has 4 rings (SSSR count). The van der Waals surface area contributed by atoms with Gasteiger partial charge in [-0.2, -0.15) is 9.37 Å². The number of anilines is 1. The topological polar surface area (TPSA) is 97.1 Å². The number of hydrogen-bond acceptors (Lipinski definition) is 7. The smallest absolute Gasteiger partial charge is 0.335 e. The number of halogens is 1. The van der Waals surface area contributed by atoms with Gasteiger partial charge in [0, 0.05) is 12.6 Å². The second-order valence-corrected chi connectivity index (χ2v) is 7.87. The number of benzene rings is 2. The zero-order valence-electron chi connectivity index (χ0n) is 18.8. The number of fused-ring (bicyclic) bond motifs is 1. The lowest BCUT2D eigenvalue weighted by Gasteiger charge is -2.33. The summed E-state index contributed by atoms with van der Waals surface area (Å²) in [5, 5.41) is 12.6. The highest BCUT2D eigenvalue weighted by Gasteiger charge is 2.27. The highest BCUT2D eigenvalue weighted by atomic mass is 19.1. The largest absolute Gasteiger partial charge is 0.491 e. The van der Waals surface area contributed by atoms with Gasteiger partial charge in [-0.3, -0.25) is 0 Å². The van der Waals surface area contributed by atoms with Gasteiger partial charge in [0.1, 0.15) is 5.52 Å². The number of aromatic carboxylic acids is 1. The van der Waals surface area contributed by atoms with Crippen LogP contribution < -0.4 is 19.7 Å². The van der Waals surface area contributed by atoms with E-state index in [4.69, 9.17) is 13.9 Å². The summed E-state index contributed by atoms with van der Waals surface area (Å²) in [7, 11) is 0. The molecule has 1 saturated heterocycles. The van der Waals surface area contributed by atoms with Crippen molar-refractivity contribution in [2.24, 2.45) is 0 Å². The molecule has 2 N–H and O–H groups in total. The highest BCUT2D eigenvalue weighted by Crippen LogP contribution is 2.33. The van der Waals surface area contributed by atoms with E-state index in [1.165, 1.54) is 12.1 Å². The van der Waals surface area contributed by atoms with Crippen molar-refractivity contribution in [2.45, 2.75) is 39.3 Å². The molecule has 33 heavy (non-hydrogen) atoms. The van der Waals surface area contributed by atoms with E-state index >= 15 is 0 Å². The molecule has 1 aliphatic rings. The van der Waals surface area contributed by atoms with E-state index in [1.54, 1.807) is 32.0 Å². The zero-order valence-corrected chi connectivity index (χ0v) is 18.8. The molecule has 0 spiro atoms. The van der Waals surface area contributed by atoms with Gasteiger partial charge < -0.3 is 29.2 Å². The van der Waals surface area contributed by atoms with Crippen molar-refractivity contribution < 1.29 is 28.2 Å². The molecule has 8 nitrogen and oxygen atoms in total. The van der Waals surface area contributed by atoms with Crippen LogP contribution >= 0.6 is 0 Å². The van der Waals surface area contributed by atoms with Gasteiger partial charge >= 0.3 is 5.97 Å². The Morgan fingerprint density at radius 3 is 2.45 bits per heavy atom. The van der Waals surface area contributed by atoms with E-state index in [0.29, 0.717) is 36.9 Å². The summed E-state index contributed by atoms with van der Waals surface area (Å²) >= 11 is 0. The molecular formula is C24H28FN3O5. The van der Waals surface area contributed by atoms with Crippen LogP contribution in [-0.2, 0) is 6.54 Å². The predicted octanol–water partition coefficient (Wildman–Crippen LogP) is 4.22. The molecule has 9 heteroatoms. The van der Waals surface area contributed by atoms with Crippen molar-refractivity contribution in [3.05, 3.63) is 47.3 Å². The Hall–Kier alpha value is -3.33. The average Bonchev–Trinajstić information content (AvgIpc) is 3.24. The number of nitrogens with one attached hydrogen (secondary N) is 1.